The van der Waals surface area contributed by atoms with E-state index in [9.17, 15) is 4.79 Å². The molecular formula is C19H25ClN2O2S. The maximum atomic E-state index is 12.8. The highest BCUT2D eigenvalue weighted by Crippen LogP contribution is 2.33. The van der Waals surface area contributed by atoms with Crippen molar-refractivity contribution in [1.82, 2.24) is 10.2 Å². The Balaban J connectivity index is 0.00000225. The SMILES string of the molecule is CNC1CCN(C(=O)c2cc(-c3ccc(OC)cc3)c(C)s2)CC1.Cl. The molecule has 1 saturated heterocycles. The van der Waals surface area contributed by atoms with Crippen molar-refractivity contribution in [2.45, 2.75) is 25.8 Å². The average Bonchev–Trinajstić information content (AvgIpc) is 3.03. The largest absolute Gasteiger partial charge is 0.497 e. The maximum Gasteiger partial charge on any atom is 0.263 e. The Hall–Kier alpha value is -1.56. The Morgan fingerprint density at radius 2 is 1.88 bits per heavy atom. The van der Waals surface area contributed by atoms with Gasteiger partial charge in [-0.3, -0.25) is 4.79 Å². The molecule has 0 atom stereocenters. The highest BCUT2D eigenvalue weighted by molar-refractivity contribution is 7.14. The number of methoxy groups -OCH3 is 1. The van der Waals surface area contributed by atoms with Crippen molar-refractivity contribution in [3.63, 3.8) is 0 Å². The summed E-state index contributed by atoms with van der Waals surface area (Å²) in [5.74, 6) is 1.01. The number of piperidine rings is 1. The molecule has 0 saturated carbocycles. The highest BCUT2D eigenvalue weighted by atomic mass is 35.5. The molecule has 3 rings (SSSR count). The van der Waals surface area contributed by atoms with Crippen LogP contribution < -0.4 is 10.1 Å². The lowest BCUT2D eigenvalue weighted by Crippen LogP contribution is -2.43. The van der Waals surface area contributed by atoms with Crippen LogP contribution in [-0.4, -0.2) is 44.1 Å². The second-order valence-corrected chi connectivity index (χ2v) is 7.42. The van der Waals surface area contributed by atoms with E-state index in [4.69, 9.17) is 4.74 Å². The molecule has 1 aliphatic rings. The first-order valence-corrected chi connectivity index (χ1v) is 9.15. The van der Waals surface area contributed by atoms with Crippen molar-refractivity contribution in [2.75, 3.05) is 27.2 Å². The second kappa shape index (κ2) is 8.70. The van der Waals surface area contributed by atoms with Gasteiger partial charge in [-0.2, -0.15) is 0 Å². The van der Waals surface area contributed by atoms with Gasteiger partial charge in [0.2, 0.25) is 0 Å². The molecule has 0 spiro atoms. The first-order valence-electron chi connectivity index (χ1n) is 8.33. The number of benzene rings is 1. The van der Waals surface area contributed by atoms with Gasteiger partial charge in [0, 0.05) is 24.0 Å². The van der Waals surface area contributed by atoms with Gasteiger partial charge in [-0.1, -0.05) is 12.1 Å². The quantitative estimate of drug-likeness (QED) is 0.872. The zero-order valence-corrected chi connectivity index (χ0v) is 16.5. The van der Waals surface area contributed by atoms with Crippen molar-refractivity contribution in [3.8, 4) is 16.9 Å². The molecule has 1 amide bonds. The molecule has 0 radical (unpaired) electrons. The van der Waals surface area contributed by atoms with Gasteiger partial charge in [-0.15, -0.1) is 23.7 Å². The van der Waals surface area contributed by atoms with Gasteiger partial charge in [0.1, 0.15) is 5.75 Å². The fourth-order valence-electron chi connectivity index (χ4n) is 3.17. The zero-order chi connectivity index (χ0) is 17.1. The number of likely N-dealkylation sites (tertiary alicyclic amines) is 1. The van der Waals surface area contributed by atoms with Crippen LogP contribution in [0.1, 0.15) is 27.4 Å². The predicted octanol–water partition coefficient (Wildman–Crippen LogP) is 3.98. The molecule has 1 aromatic carbocycles. The number of ether oxygens (including phenoxy) is 1. The molecule has 2 heterocycles. The van der Waals surface area contributed by atoms with E-state index < -0.39 is 0 Å². The number of thiophene rings is 1. The normalized spacial score (nSPS) is 14.9. The first kappa shape index (κ1) is 19.8. The van der Waals surface area contributed by atoms with E-state index in [2.05, 4.69) is 12.2 Å². The Morgan fingerprint density at radius 1 is 1.24 bits per heavy atom. The second-order valence-electron chi connectivity index (χ2n) is 6.16. The van der Waals surface area contributed by atoms with Gasteiger partial charge in [0.25, 0.3) is 5.91 Å². The van der Waals surface area contributed by atoms with Crippen LogP contribution in [-0.2, 0) is 0 Å². The van der Waals surface area contributed by atoms with Gasteiger partial charge in [-0.05, 0) is 56.1 Å². The van der Waals surface area contributed by atoms with Crippen molar-refractivity contribution < 1.29 is 9.53 Å². The predicted molar refractivity (Wildman–Crippen MR) is 106 cm³/mol. The minimum Gasteiger partial charge on any atom is -0.497 e. The number of carbonyl (C=O) groups excluding carboxylic acids is 1. The fourth-order valence-corrected chi connectivity index (χ4v) is 4.18. The topological polar surface area (TPSA) is 41.6 Å². The van der Waals surface area contributed by atoms with Crippen LogP contribution in [0.3, 0.4) is 0 Å². The molecule has 1 aliphatic heterocycles. The van der Waals surface area contributed by atoms with E-state index in [0.717, 1.165) is 47.7 Å². The average molecular weight is 381 g/mol. The van der Waals surface area contributed by atoms with Gasteiger partial charge >= 0.3 is 0 Å². The smallest absolute Gasteiger partial charge is 0.263 e. The minimum absolute atomic E-state index is 0. The summed E-state index contributed by atoms with van der Waals surface area (Å²) in [5.41, 5.74) is 2.26. The number of carbonyl (C=O) groups is 1. The summed E-state index contributed by atoms with van der Waals surface area (Å²) < 4.78 is 5.21. The number of amides is 1. The number of halogens is 1. The van der Waals surface area contributed by atoms with Crippen LogP contribution in [0, 0.1) is 6.92 Å². The van der Waals surface area contributed by atoms with Gasteiger partial charge in [-0.25, -0.2) is 0 Å². The van der Waals surface area contributed by atoms with Crippen molar-refractivity contribution in [2.24, 2.45) is 0 Å². The first-order chi connectivity index (χ1) is 11.6. The van der Waals surface area contributed by atoms with Crippen LogP contribution in [0.15, 0.2) is 30.3 Å². The van der Waals surface area contributed by atoms with Crippen LogP contribution in [0.4, 0.5) is 0 Å². The monoisotopic (exact) mass is 380 g/mol. The van der Waals surface area contributed by atoms with E-state index >= 15 is 0 Å². The molecule has 1 fully saturated rings. The van der Waals surface area contributed by atoms with E-state index in [1.54, 1.807) is 18.4 Å². The summed E-state index contributed by atoms with van der Waals surface area (Å²) in [6.45, 7) is 3.74. The van der Waals surface area contributed by atoms with Gasteiger partial charge in [0.05, 0.1) is 12.0 Å². The number of hydrogen-bond donors (Lipinski definition) is 1. The van der Waals surface area contributed by atoms with Crippen molar-refractivity contribution >= 4 is 29.7 Å². The number of nitrogens with zero attached hydrogens (tertiary/aromatic N) is 1. The zero-order valence-electron chi connectivity index (χ0n) is 14.9. The summed E-state index contributed by atoms with van der Waals surface area (Å²) >= 11 is 1.59. The van der Waals surface area contributed by atoms with E-state index in [1.165, 1.54) is 4.88 Å². The molecule has 0 aliphatic carbocycles. The number of hydrogen-bond acceptors (Lipinski definition) is 4. The van der Waals surface area contributed by atoms with Crippen LogP contribution in [0.2, 0.25) is 0 Å². The summed E-state index contributed by atoms with van der Waals surface area (Å²) in [5, 5.41) is 3.30. The third-order valence-electron chi connectivity index (χ3n) is 4.72. The molecule has 1 aromatic heterocycles. The summed E-state index contributed by atoms with van der Waals surface area (Å²) in [6, 6.07) is 10.6. The highest BCUT2D eigenvalue weighted by Gasteiger charge is 2.24. The Morgan fingerprint density at radius 3 is 2.44 bits per heavy atom. The molecule has 2 aromatic rings. The molecule has 6 heteroatoms. The van der Waals surface area contributed by atoms with Gasteiger partial charge in [0.15, 0.2) is 0 Å². The number of nitrogens with one attached hydrogen (secondary N) is 1. The standard InChI is InChI=1S/C19H24N2O2S.ClH/c1-13-17(14-4-6-16(23-3)7-5-14)12-18(24-13)19(22)21-10-8-15(20-2)9-11-21;/h4-7,12,15,20H,8-11H2,1-3H3;1H. The van der Waals surface area contributed by atoms with Crippen molar-refractivity contribution in [3.05, 3.63) is 40.1 Å². The van der Waals surface area contributed by atoms with Crippen LogP contribution in [0.25, 0.3) is 11.1 Å². The number of aryl methyl sites for hydroxylation is 1. The Kier molecular flexibility index (Phi) is 6.87. The summed E-state index contributed by atoms with van der Waals surface area (Å²) in [6.07, 6.45) is 2.05. The third-order valence-corrected chi connectivity index (χ3v) is 5.76. The molecule has 0 bridgehead atoms. The number of rotatable bonds is 4. The molecule has 0 unspecified atom stereocenters. The molecular weight excluding hydrogens is 356 g/mol. The summed E-state index contributed by atoms with van der Waals surface area (Å²) in [7, 11) is 3.66. The van der Waals surface area contributed by atoms with E-state index in [-0.39, 0.29) is 18.3 Å². The van der Waals surface area contributed by atoms with Gasteiger partial charge < -0.3 is 15.0 Å². The van der Waals surface area contributed by atoms with Crippen LogP contribution >= 0.6 is 23.7 Å². The van der Waals surface area contributed by atoms with E-state index in [1.807, 2.05) is 42.3 Å². The maximum absolute atomic E-state index is 12.8. The molecule has 1 N–H and O–H groups in total. The lowest BCUT2D eigenvalue weighted by atomic mass is 10.0. The molecule has 25 heavy (non-hydrogen) atoms. The minimum atomic E-state index is 0. The molecule has 4 nitrogen and oxygen atoms in total. The Labute approximate surface area is 159 Å². The summed E-state index contributed by atoms with van der Waals surface area (Å²) in [4.78, 5) is 16.8. The molecule has 136 valence electrons. The lowest BCUT2D eigenvalue weighted by molar-refractivity contribution is 0.0712. The van der Waals surface area contributed by atoms with E-state index in [0.29, 0.717) is 6.04 Å². The third kappa shape index (κ3) is 4.35. The lowest BCUT2D eigenvalue weighted by Gasteiger charge is -2.31. The van der Waals surface area contributed by atoms with Crippen LogP contribution in [0.5, 0.6) is 5.75 Å². The fraction of sp³-hybridized carbons (Fsp3) is 0.421. The Bertz CT molecular complexity index is 707. The van der Waals surface area contributed by atoms with Crippen molar-refractivity contribution in [1.29, 1.82) is 0 Å².